The molecule has 3 N–H and O–H groups in total. The number of nitrogens with zero attached hydrogens (tertiary/aromatic N) is 3. The Hall–Kier alpha value is -1.83. The molecule has 6 heteroatoms. The standard InChI is InChI=1S/C21H29N5.HI/c1-16(2)18-7-6-8-19(14-18)25-21(22)24-15-17-9-10-23-20(13-17)26-11-4-3-5-12-26;/h6-10,13-14,16H,3-5,11-12,15H2,1-2H3,(H3,22,24,25);1H. The van der Waals surface area contributed by atoms with E-state index in [9.17, 15) is 0 Å². The van der Waals surface area contributed by atoms with E-state index in [0.717, 1.165) is 30.2 Å². The molecular weight excluding hydrogens is 449 g/mol. The number of nitrogens with two attached hydrogens (primary N) is 1. The van der Waals surface area contributed by atoms with Crippen molar-refractivity contribution in [2.24, 2.45) is 10.7 Å². The molecule has 0 atom stereocenters. The molecule has 1 aliphatic rings. The van der Waals surface area contributed by atoms with Crippen LogP contribution in [0.1, 0.15) is 50.2 Å². The lowest BCUT2D eigenvalue weighted by Crippen LogP contribution is -2.30. The second kappa shape index (κ2) is 10.5. The fourth-order valence-electron chi connectivity index (χ4n) is 3.19. The quantitative estimate of drug-likeness (QED) is 0.370. The summed E-state index contributed by atoms with van der Waals surface area (Å²) in [6.45, 7) is 7.09. The van der Waals surface area contributed by atoms with Crippen LogP contribution in [-0.2, 0) is 6.54 Å². The predicted octanol–water partition coefficient (Wildman–Crippen LogP) is 4.74. The third-order valence-electron chi connectivity index (χ3n) is 4.75. The maximum Gasteiger partial charge on any atom is 0.193 e. The molecule has 1 aliphatic heterocycles. The summed E-state index contributed by atoms with van der Waals surface area (Å²) >= 11 is 0. The van der Waals surface area contributed by atoms with Crippen LogP contribution in [0.2, 0.25) is 0 Å². The molecular formula is C21H30IN5. The van der Waals surface area contributed by atoms with Crippen molar-refractivity contribution in [2.45, 2.75) is 45.6 Å². The van der Waals surface area contributed by atoms with Crippen LogP contribution in [0.25, 0.3) is 0 Å². The first kappa shape index (κ1) is 21.5. The summed E-state index contributed by atoms with van der Waals surface area (Å²) in [5, 5.41) is 3.19. The van der Waals surface area contributed by atoms with E-state index in [1.54, 1.807) is 0 Å². The fraction of sp³-hybridized carbons (Fsp3) is 0.429. The Labute approximate surface area is 179 Å². The number of hydrogen-bond donors (Lipinski definition) is 2. The van der Waals surface area contributed by atoms with E-state index in [1.807, 2.05) is 24.4 Å². The van der Waals surface area contributed by atoms with Crippen LogP contribution in [-0.4, -0.2) is 24.0 Å². The highest BCUT2D eigenvalue weighted by atomic mass is 127. The Bertz CT molecular complexity index is 754. The van der Waals surface area contributed by atoms with E-state index in [1.165, 1.54) is 24.8 Å². The first-order valence-electron chi connectivity index (χ1n) is 9.48. The molecule has 3 rings (SSSR count). The third-order valence-corrected chi connectivity index (χ3v) is 4.75. The molecule has 2 aromatic rings. The second-order valence-corrected chi connectivity index (χ2v) is 7.18. The minimum Gasteiger partial charge on any atom is -0.370 e. The van der Waals surface area contributed by atoms with Crippen molar-refractivity contribution >= 4 is 41.4 Å². The van der Waals surface area contributed by atoms with Gasteiger partial charge in [0.2, 0.25) is 0 Å². The van der Waals surface area contributed by atoms with Crippen LogP contribution in [0.5, 0.6) is 0 Å². The van der Waals surface area contributed by atoms with Gasteiger partial charge in [-0.2, -0.15) is 0 Å². The predicted molar refractivity (Wildman–Crippen MR) is 125 cm³/mol. The van der Waals surface area contributed by atoms with E-state index in [0.29, 0.717) is 18.4 Å². The molecule has 0 bridgehead atoms. The van der Waals surface area contributed by atoms with Crippen molar-refractivity contribution in [2.75, 3.05) is 23.3 Å². The van der Waals surface area contributed by atoms with Crippen LogP contribution in [0.15, 0.2) is 47.6 Å². The fourth-order valence-corrected chi connectivity index (χ4v) is 3.19. The van der Waals surface area contributed by atoms with E-state index < -0.39 is 0 Å². The van der Waals surface area contributed by atoms with Gasteiger partial charge in [-0.25, -0.2) is 9.98 Å². The number of aliphatic imine (C=N–C) groups is 1. The van der Waals surface area contributed by atoms with Gasteiger partial charge < -0.3 is 16.0 Å². The number of halogens is 1. The van der Waals surface area contributed by atoms with E-state index >= 15 is 0 Å². The molecule has 0 saturated carbocycles. The minimum absolute atomic E-state index is 0. The van der Waals surface area contributed by atoms with Crippen LogP contribution in [0.4, 0.5) is 11.5 Å². The molecule has 2 heterocycles. The van der Waals surface area contributed by atoms with Crippen molar-refractivity contribution in [3.05, 3.63) is 53.7 Å². The summed E-state index contributed by atoms with van der Waals surface area (Å²) in [6.07, 6.45) is 5.68. The zero-order chi connectivity index (χ0) is 18.4. The Kier molecular flexibility index (Phi) is 8.34. The van der Waals surface area contributed by atoms with Gasteiger partial charge in [0.05, 0.1) is 6.54 Å². The molecule has 0 radical (unpaired) electrons. The number of anilines is 2. The molecule has 146 valence electrons. The maximum absolute atomic E-state index is 6.07. The smallest absolute Gasteiger partial charge is 0.193 e. The Morgan fingerprint density at radius 2 is 1.96 bits per heavy atom. The Balaban J connectivity index is 0.00000261. The lowest BCUT2D eigenvalue weighted by Gasteiger charge is -2.27. The first-order chi connectivity index (χ1) is 12.6. The van der Waals surface area contributed by atoms with Crippen LogP contribution in [0.3, 0.4) is 0 Å². The van der Waals surface area contributed by atoms with Gasteiger partial charge in [-0.3, -0.25) is 0 Å². The number of pyridine rings is 1. The van der Waals surface area contributed by atoms with Gasteiger partial charge in [-0.1, -0.05) is 26.0 Å². The first-order valence-corrected chi connectivity index (χ1v) is 9.48. The normalized spacial score (nSPS) is 14.8. The molecule has 1 fully saturated rings. The zero-order valence-corrected chi connectivity index (χ0v) is 18.5. The number of guanidine groups is 1. The van der Waals surface area contributed by atoms with E-state index in [-0.39, 0.29) is 24.0 Å². The summed E-state index contributed by atoms with van der Waals surface area (Å²) in [5.74, 6) is 1.97. The molecule has 1 aromatic carbocycles. The monoisotopic (exact) mass is 479 g/mol. The number of hydrogen-bond acceptors (Lipinski definition) is 3. The highest BCUT2D eigenvalue weighted by Crippen LogP contribution is 2.20. The average Bonchev–Trinajstić information content (AvgIpc) is 2.67. The van der Waals surface area contributed by atoms with Gasteiger partial charge in [-0.15, -0.1) is 24.0 Å². The molecule has 0 aliphatic carbocycles. The molecule has 1 saturated heterocycles. The summed E-state index contributed by atoms with van der Waals surface area (Å²) in [7, 11) is 0. The number of piperidine rings is 1. The van der Waals surface area contributed by atoms with Crippen LogP contribution >= 0.6 is 24.0 Å². The minimum atomic E-state index is 0. The maximum atomic E-state index is 6.07. The topological polar surface area (TPSA) is 66.5 Å². The van der Waals surface area contributed by atoms with Gasteiger partial charge in [0.25, 0.3) is 0 Å². The highest BCUT2D eigenvalue weighted by Gasteiger charge is 2.12. The highest BCUT2D eigenvalue weighted by molar-refractivity contribution is 14.0. The van der Waals surface area contributed by atoms with Crippen LogP contribution < -0.4 is 16.0 Å². The molecule has 0 spiro atoms. The number of aromatic nitrogens is 1. The van der Waals surface area contributed by atoms with Gasteiger partial charge in [0.15, 0.2) is 5.96 Å². The summed E-state index contributed by atoms with van der Waals surface area (Å²) in [6, 6.07) is 12.4. The number of rotatable bonds is 5. The largest absolute Gasteiger partial charge is 0.370 e. The third kappa shape index (κ3) is 6.37. The van der Waals surface area contributed by atoms with E-state index in [4.69, 9.17) is 5.73 Å². The average molecular weight is 479 g/mol. The second-order valence-electron chi connectivity index (χ2n) is 7.18. The zero-order valence-electron chi connectivity index (χ0n) is 16.2. The van der Waals surface area contributed by atoms with Crippen LogP contribution in [0, 0.1) is 0 Å². The summed E-state index contributed by atoms with van der Waals surface area (Å²) in [5.41, 5.74) is 9.45. The number of benzene rings is 1. The molecule has 0 unspecified atom stereocenters. The van der Waals surface area contributed by atoms with Gasteiger partial charge in [0.1, 0.15) is 5.82 Å². The molecule has 0 amide bonds. The van der Waals surface area contributed by atoms with Gasteiger partial charge >= 0.3 is 0 Å². The van der Waals surface area contributed by atoms with Gasteiger partial charge in [-0.05, 0) is 60.6 Å². The Morgan fingerprint density at radius 3 is 2.70 bits per heavy atom. The SMILES string of the molecule is CC(C)c1cccc(NC(N)=NCc2ccnc(N3CCCCC3)c2)c1.I. The van der Waals surface area contributed by atoms with Crippen molar-refractivity contribution in [1.82, 2.24) is 4.98 Å². The lowest BCUT2D eigenvalue weighted by molar-refractivity contribution is 0.573. The molecule has 27 heavy (non-hydrogen) atoms. The molecule has 5 nitrogen and oxygen atoms in total. The van der Waals surface area contributed by atoms with Gasteiger partial charge in [0, 0.05) is 25.0 Å². The lowest BCUT2D eigenvalue weighted by atomic mass is 10.0. The van der Waals surface area contributed by atoms with Crippen molar-refractivity contribution < 1.29 is 0 Å². The van der Waals surface area contributed by atoms with Crippen molar-refractivity contribution in [3.63, 3.8) is 0 Å². The summed E-state index contributed by atoms with van der Waals surface area (Å²) < 4.78 is 0. The number of nitrogens with one attached hydrogen (secondary N) is 1. The van der Waals surface area contributed by atoms with Crippen molar-refractivity contribution in [3.8, 4) is 0 Å². The summed E-state index contributed by atoms with van der Waals surface area (Å²) in [4.78, 5) is 11.4. The Morgan fingerprint density at radius 1 is 1.19 bits per heavy atom. The van der Waals surface area contributed by atoms with E-state index in [2.05, 4.69) is 52.2 Å². The molecule has 1 aromatic heterocycles. The van der Waals surface area contributed by atoms with Crippen molar-refractivity contribution in [1.29, 1.82) is 0 Å².